The molecular formula is C31H47F5O13. The number of rotatable bonds is 30. The summed E-state index contributed by atoms with van der Waals surface area (Å²) >= 11 is 0. The van der Waals surface area contributed by atoms with Crippen LogP contribution in [0.25, 0.3) is 0 Å². The molecule has 13 nitrogen and oxygen atoms in total. The summed E-state index contributed by atoms with van der Waals surface area (Å²) in [6.07, 6.45) is -0.491. The van der Waals surface area contributed by atoms with Crippen molar-refractivity contribution in [2.24, 2.45) is 0 Å². The molecule has 0 heterocycles. The quantitative estimate of drug-likeness (QED) is 0.0288. The number of benzene rings is 1. The van der Waals surface area contributed by atoms with E-state index >= 15 is 0 Å². The molecule has 0 saturated heterocycles. The number of esters is 2. The molecule has 0 unspecified atom stereocenters. The Labute approximate surface area is 282 Å². The SMILES string of the molecule is CC(C)(C)OC(=O)COCCOCCOCCOCCOCCOCCOCCOCCOCCC(=O)Oc1c(F)c(F)c(F)c(F)c1F. The first-order chi connectivity index (χ1) is 23.4. The lowest BCUT2D eigenvalue weighted by molar-refractivity contribution is -0.160. The molecule has 0 aliphatic heterocycles. The Bertz CT molecular complexity index is 1030. The maximum atomic E-state index is 13.5. The lowest BCUT2D eigenvalue weighted by Crippen LogP contribution is -2.27. The van der Waals surface area contributed by atoms with Crippen LogP contribution in [-0.2, 0) is 57.0 Å². The van der Waals surface area contributed by atoms with E-state index in [1.165, 1.54) is 0 Å². The molecule has 1 aromatic rings. The van der Waals surface area contributed by atoms with Gasteiger partial charge in [0.05, 0.1) is 119 Å². The van der Waals surface area contributed by atoms with E-state index in [2.05, 4.69) is 4.74 Å². The lowest BCUT2D eigenvalue weighted by Gasteiger charge is -2.19. The van der Waals surface area contributed by atoms with Crippen LogP contribution >= 0.6 is 0 Å². The highest BCUT2D eigenvalue weighted by atomic mass is 19.2. The number of hydrogen-bond donors (Lipinski definition) is 0. The number of carbonyl (C=O) groups is 2. The maximum absolute atomic E-state index is 13.5. The Morgan fingerprint density at radius 2 is 0.714 bits per heavy atom. The van der Waals surface area contributed by atoms with Gasteiger partial charge in [0, 0.05) is 0 Å². The average molecular weight is 723 g/mol. The Balaban J connectivity index is 1.78. The molecule has 0 aromatic heterocycles. The molecule has 0 aliphatic rings. The molecule has 0 radical (unpaired) electrons. The van der Waals surface area contributed by atoms with Gasteiger partial charge in [-0.3, -0.25) is 4.79 Å². The first-order valence-corrected chi connectivity index (χ1v) is 15.6. The summed E-state index contributed by atoms with van der Waals surface area (Å²) < 4.78 is 124. The van der Waals surface area contributed by atoms with Crippen LogP contribution in [0.15, 0.2) is 0 Å². The summed E-state index contributed by atoms with van der Waals surface area (Å²) in [4.78, 5) is 23.1. The highest BCUT2D eigenvalue weighted by molar-refractivity contribution is 5.72. The van der Waals surface area contributed by atoms with Crippen LogP contribution in [0.2, 0.25) is 0 Å². The highest BCUT2D eigenvalue weighted by Gasteiger charge is 2.28. The van der Waals surface area contributed by atoms with Gasteiger partial charge in [-0.2, -0.15) is 8.78 Å². The smallest absolute Gasteiger partial charge is 0.332 e. The van der Waals surface area contributed by atoms with E-state index in [1.807, 2.05) is 0 Å². The summed E-state index contributed by atoms with van der Waals surface area (Å²) in [7, 11) is 0. The minimum Gasteiger partial charge on any atom is -0.458 e. The average Bonchev–Trinajstić information content (AvgIpc) is 3.05. The summed E-state index contributed by atoms with van der Waals surface area (Å²) in [6, 6.07) is 0. The molecule has 0 bridgehead atoms. The van der Waals surface area contributed by atoms with Gasteiger partial charge in [0.1, 0.15) is 12.2 Å². The van der Waals surface area contributed by atoms with Crippen molar-refractivity contribution in [2.75, 3.05) is 119 Å². The minimum atomic E-state index is -2.35. The molecule has 0 amide bonds. The van der Waals surface area contributed by atoms with Gasteiger partial charge < -0.3 is 52.1 Å². The van der Waals surface area contributed by atoms with E-state index in [0.29, 0.717) is 79.3 Å². The molecule has 0 N–H and O–H groups in total. The topological polar surface area (TPSA) is 136 Å². The monoisotopic (exact) mass is 722 g/mol. The third kappa shape index (κ3) is 22.7. The van der Waals surface area contributed by atoms with Crippen molar-refractivity contribution in [3.8, 4) is 5.75 Å². The second-order valence-corrected chi connectivity index (χ2v) is 10.7. The van der Waals surface area contributed by atoms with E-state index in [-0.39, 0.29) is 39.6 Å². The number of ether oxygens (including phenoxy) is 11. The van der Waals surface area contributed by atoms with Crippen LogP contribution in [0.1, 0.15) is 27.2 Å². The number of hydrogen-bond acceptors (Lipinski definition) is 13. The van der Waals surface area contributed by atoms with Gasteiger partial charge in [0.2, 0.25) is 34.8 Å². The molecular weight excluding hydrogens is 675 g/mol. The predicted octanol–water partition coefficient (Wildman–Crippen LogP) is 3.17. The number of carbonyl (C=O) groups excluding carboxylic acids is 2. The molecule has 0 atom stereocenters. The summed E-state index contributed by atoms with van der Waals surface area (Å²) in [5.41, 5.74) is -0.537. The lowest BCUT2D eigenvalue weighted by atomic mass is 10.2. The van der Waals surface area contributed by atoms with E-state index in [4.69, 9.17) is 47.4 Å². The van der Waals surface area contributed by atoms with Crippen molar-refractivity contribution in [3.63, 3.8) is 0 Å². The van der Waals surface area contributed by atoms with Gasteiger partial charge in [0.25, 0.3) is 0 Å². The normalized spacial score (nSPS) is 11.7. The van der Waals surface area contributed by atoms with E-state index in [0.717, 1.165) is 0 Å². The van der Waals surface area contributed by atoms with Crippen molar-refractivity contribution in [1.82, 2.24) is 0 Å². The minimum absolute atomic E-state index is 0.0750. The van der Waals surface area contributed by atoms with Gasteiger partial charge in [-0.25, -0.2) is 18.0 Å². The first kappa shape index (κ1) is 44.5. The fourth-order valence-corrected chi connectivity index (χ4v) is 3.28. The van der Waals surface area contributed by atoms with Gasteiger partial charge in [-0.05, 0) is 20.8 Å². The molecule has 49 heavy (non-hydrogen) atoms. The van der Waals surface area contributed by atoms with Crippen molar-refractivity contribution < 1.29 is 83.6 Å². The second-order valence-electron chi connectivity index (χ2n) is 10.7. The van der Waals surface area contributed by atoms with E-state index in [1.54, 1.807) is 20.8 Å². The molecule has 0 spiro atoms. The summed E-state index contributed by atoms with van der Waals surface area (Å²) in [5.74, 6) is -14.6. The van der Waals surface area contributed by atoms with Crippen LogP contribution < -0.4 is 4.74 Å². The molecule has 284 valence electrons. The van der Waals surface area contributed by atoms with Crippen molar-refractivity contribution in [3.05, 3.63) is 29.1 Å². The second kappa shape index (κ2) is 27.2. The van der Waals surface area contributed by atoms with Crippen LogP contribution in [0, 0.1) is 29.1 Å². The van der Waals surface area contributed by atoms with Crippen LogP contribution in [0.4, 0.5) is 22.0 Å². The standard InChI is InChI=1S/C31H47F5O13/c1-31(2,3)49-24(38)22-47-21-20-46-19-18-45-17-16-44-15-14-43-13-12-42-11-10-41-9-8-40-7-6-39-5-4-23(37)48-30-28(35)26(33)25(32)27(34)29(30)36/h4-22H2,1-3H3. The maximum Gasteiger partial charge on any atom is 0.332 e. The van der Waals surface area contributed by atoms with Gasteiger partial charge >= 0.3 is 11.9 Å². The van der Waals surface area contributed by atoms with Crippen LogP contribution in [-0.4, -0.2) is 136 Å². The Hall–Kier alpha value is -2.55. The summed E-state index contributed by atoms with van der Waals surface area (Å²) in [5, 5.41) is 0. The molecule has 0 saturated carbocycles. The summed E-state index contributed by atoms with van der Waals surface area (Å²) in [6.45, 7) is 10.4. The molecule has 0 aliphatic carbocycles. The molecule has 0 fully saturated rings. The van der Waals surface area contributed by atoms with Crippen molar-refractivity contribution >= 4 is 11.9 Å². The number of halogens is 5. The van der Waals surface area contributed by atoms with E-state index < -0.39 is 58.8 Å². The zero-order valence-corrected chi connectivity index (χ0v) is 28.1. The van der Waals surface area contributed by atoms with Gasteiger partial charge in [0.15, 0.2) is 0 Å². The third-order valence-corrected chi connectivity index (χ3v) is 5.45. The Kier molecular flexibility index (Phi) is 24.7. The first-order valence-electron chi connectivity index (χ1n) is 15.6. The van der Waals surface area contributed by atoms with E-state index in [9.17, 15) is 31.5 Å². The zero-order chi connectivity index (χ0) is 36.3. The van der Waals surface area contributed by atoms with Crippen molar-refractivity contribution in [2.45, 2.75) is 32.8 Å². The molecule has 18 heteroatoms. The highest BCUT2D eigenvalue weighted by Crippen LogP contribution is 2.29. The van der Waals surface area contributed by atoms with Crippen molar-refractivity contribution in [1.29, 1.82) is 0 Å². The fraction of sp³-hybridized carbons (Fsp3) is 0.742. The Morgan fingerprint density at radius 3 is 1.04 bits per heavy atom. The third-order valence-electron chi connectivity index (χ3n) is 5.45. The zero-order valence-electron chi connectivity index (χ0n) is 28.1. The molecule has 1 rings (SSSR count). The fourth-order valence-electron chi connectivity index (χ4n) is 3.28. The predicted molar refractivity (Wildman–Crippen MR) is 160 cm³/mol. The largest absolute Gasteiger partial charge is 0.458 e. The molecule has 1 aromatic carbocycles. The van der Waals surface area contributed by atoms with Gasteiger partial charge in [-0.1, -0.05) is 0 Å². The Morgan fingerprint density at radius 1 is 0.429 bits per heavy atom. The van der Waals surface area contributed by atoms with Crippen LogP contribution in [0.5, 0.6) is 5.75 Å². The van der Waals surface area contributed by atoms with Gasteiger partial charge in [-0.15, -0.1) is 0 Å². The van der Waals surface area contributed by atoms with Crippen LogP contribution in [0.3, 0.4) is 0 Å².